The molecule has 1 aliphatic rings. The molecular weight excluding hydrogens is 300 g/mol. The van der Waals surface area contributed by atoms with Gasteiger partial charge in [-0.1, -0.05) is 49.9 Å². The molecule has 2 aromatic carbocycles. The van der Waals surface area contributed by atoms with Gasteiger partial charge in [0, 0.05) is 35.5 Å². The molecule has 23 heavy (non-hydrogen) atoms. The van der Waals surface area contributed by atoms with Gasteiger partial charge in [-0.2, -0.15) is 0 Å². The van der Waals surface area contributed by atoms with Crippen molar-refractivity contribution in [3.8, 4) is 0 Å². The molecule has 1 aliphatic heterocycles. The highest BCUT2D eigenvalue weighted by molar-refractivity contribution is 7.99. The third-order valence-corrected chi connectivity index (χ3v) is 5.42. The molecular formula is C20H26N2S. The molecule has 1 atom stereocenters. The molecule has 2 nitrogen and oxygen atoms in total. The Morgan fingerprint density at radius 1 is 1.09 bits per heavy atom. The highest BCUT2D eigenvalue weighted by atomic mass is 32.2. The van der Waals surface area contributed by atoms with Gasteiger partial charge in [0.2, 0.25) is 0 Å². The molecule has 0 aromatic heterocycles. The van der Waals surface area contributed by atoms with Crippen LogP contribution in [-0.2, 0) is 0 Å². The molecule has 1 fully saturated rings. The van der Waals surface area contributed by atoms with Crippen LogP contribution < -0.4 is 10.2 Å². The van der Waals surface area contributed by atoms with E-state index in [1.807, 2.05) is 11.8 Å². The third-order valence-electron chi connectivity index (χ3n) is 4.35. The van der Waals surface area contributed by atoms with Crippen LogP contribution in [0.2, 0.25) is 0 Å². The summed E-state index contributed by atoms with van der Waals surface area (Å²) in [5.41, 5.74) is 2.76. The Labute approximate surface area is 144 Å². The van der Waals surface area contributed by atoms with Crippen molar-refractivity contribution >= 4 is 17.4 Å². The molecule has 0 aliphatic carbocycles. The standard InChI is InChI=1S/C20H26N2S/c1-15(2)17-8-10-18(11-9-17)23-20-7-5-4-6-19(20)22-13-12-21-16(3)14-22/h4-11,15-16,21H,12-14H2,1-3H3. The van der Waals surface area contributed by atoms with E-state index < -0.39 is 0 Å². The van der Waals surface area contributed by atoms with Crippen molar-refractivity contribution in [3.05, 3.63) is 54.1 Å². The van der Waals surface area contributed by atoms with Crippen molar-refractivity contribution in [2.45, 2.75) is 42.5 Å². The van der Waals surface area contributed by atoms with Crippen LogP contribution in [0.15, 0.2) is 58.3 Å². The van der Waals surface area contributed by atoms with Crippen molar-refractivity contribution < 1.29 is 0 Å². The van der Waals surface area contributed by atoms with Crippen LogP contribution in [0.25, 0.3) is 0 Å². The quantitative estimate of drug-likeness (QED) is 0.872. The van der Waals surface area contributed by atoms with Gasteiger partial charge in [0.25, 0.3) is 0 Å². The molecule has 1 N–H and O–H groups in total. The average molecular weight is 327 g/mol. The van der Waals surface area contributed by atoms with Gasteiger partial charge in [0.15, 0.2) is 0 Å². The summed E-state index contributed by atoms with van der Waals surface area (Å²) in [6, 6.07) is 18.3. The fourth-order valence-electron chi connectivity index (χ4n) is 3.00. The first-order chi connectivity index (χ1) is 11.1. The number of rotatable bonds is 4. The lowest BCUT2D eigenvalue weighted by molar-refractivity contribution is 0.483. The fraction of sp³-hybridized carbons (Fsp3) is 0.400. The van der Waals surface area contributed by atoms with Gasteiger partial charge >= 0.3 is 0 Å². The van der Waals surface area contributed by atoms with E-state index >= 15 is 0 Å². The van der Waals surface area contributed by atoms with E-state index in [-0.39, 0.29) is 0 Å². The molecule has 1 heterocycles. The number of anilines is 1. The van der Waals surface area contributed by atoms with Crippen LogP contribution in [-0.4, -0.2) is 25.7 Å². The van der Waals surface area contributed by atoms with E-state index in [4.69, 9.17) is 0 Å². The fourth-order valence-corrected chi connectivity index (χ4v) is 3.98. The Morgan fingerprint density at radius 3 is 2.52 bits per heavy atom. The van der Waals surface area contributed by atoms with Gasteiger partial charge in [-0.25, -0.2) is 0 Å². The summed E-state index contributed by atoms with van der Waals surface area (Å²) in [7, 11) is 0. The zero-order chi connectivity index (χ0) is 16.2. The molecule has 1 saturated heterocycles. The van der Waals surface area contributed by atoms with Gasteiger partial charge in [-0.3, -0.25) is 0 Å². The third kappa shape index (κ3) is 4.10. The molecule has 1 unspecified atom stereocenters. The Kier molecular flexibility index (Phi) is 5.29. The molecule has 122 valence electrons. The van der Waals surface area contributed by atoms with Gasteiger partial charge in [-0.15, -0.1) is 0 Å². The molecule has 2 aromatic rings. The topological polar surface area (TPSA) is 15.3 Å². The lowest BCUT2D eigenvalue weighted by Crippen LogP contribution is -2.49. The summed E-state index contributed by atoms with van der Waals surface area (Å²) >= 11 is 1.87. The van der Waals surface area contributed by atoms with Crippen LogP contribution in [0.5, 0.6) is 0 Å². The minimum absolute atomic E-state index is 0.548. The van der Waals surface area contributed by atoms with E-state index in [1.165, 1.54) is 21.0 Å². The number of hydrogen-bond donors (Lipinski definition) is 1. The maximum Gasteiger partial charge on any atom is 0.0509 e. The number of nitrogens with zero attached hydrogens (tertiary/aromatic N) is 1. The SMILES string of the molecule is CC1CN(c2ccccc2Sc2ccc(C(C)C)cc2)CCN1. The van der Waals surface area contributed by atoms with Crippen LogP contribution in [0, 0.1) is 0 Å². The summed E-state index contributed by atoms with van der Waals surface area (Å²) in [5, 5.41) is 3.52. The second-order valence-corrected chi connectivity index (χ2v) is 7.71. The smallest absolute Gasteiger partial charge is 0.0509 e. The van der Waals surface area contributed by atoms with Gasteiger partial charge in [-0.05, 0) is 42.7 Å². The Bertz CT molecular complexity index is 636. The lowest BCUT2D eigenvalue weighted by Gasteiger charge is -2.34. The van der Waals surface area contributed by atoms with E-state index in [9.17, 15) is 0 Å². The molecule has 0 spiro atoms. The number of hydrogen-bond acceptors (Lipinski definition) is 3. The van der Waals surface area contributed by atoms with E-state index in [2.05, 4.69) is 79.5 Å². The van der Waals surface area contributed by atoms with Crippen molar-refractivity contribution in [3.63, 3.8) is 0 Å². The van der Waals surface area contributed by atoms with Crippen molar-refractivity contribution in [2.24, 2.45) is 0 Å². The molecule has 3 heteroatoms. The Morgan fingerprint density at radius 2 is 1.83 bits per heavy atom. The van der Waals surface area contributed by atoms with E-state index in [0.29, 0.717) is 12.0 Å². The largest absolute Gasteiger partial charge is 0.368 e. The predicted octanol–water partition coefficient (Wildman–Crippen LogP) is 4.76. The first-order valence-corrected chi connectivity index (χ1v) is 9.30. The monoisotopic (exact) mass is 326 g/mol. The van der Waals surface area contributed by atoms with E-state index in [0.717, 1.165) is 19.6 Å². The summed E-state index contributed by atoms with van der Waals surface area (Å²) < 4.78 is 0. The summed E-state index contributed by atoms with van der Waals surface area (Å²) in [6.07, 6.45) is 0. The average Bonchev–Trinajstić information content (AvgIpc) is 2.56. The second-order valence-electron chi connectivity index (χ2n) is 6.59. The minimum atomic E-state index is 0.548. The van der Waals surface area contributed by atoms with Gasteiger partial charge in [0.05, 0.1) is 5.69 Å². The normalized spacial score (nSPS) is 18.4. The maximum absolute atomic E-state index is 3.52. The van der Waals surface area contributed by atoms with Gasteiger partial charge < -0.3 is 10.2 Å². The van der Waals surface area contributed by atoms with Crippen molar-refractivity contribution in [1.82, 2.24) is 5.32 Å². The lowest BCUT2D eigenvalue weighted by atomic mass is 10.0. The van der Waals surface area contributed by atoms with Crippen LogP contribution >= 0.6 is 11.8 Å². The summed E-state index contributed by atoms with van der Waals surface area (Å²) in [6.45, 7) is 9.94. The number of para-hydroxylation sites is 1. The number of piperazine rings is 1. The van der Waals surface area contributed by atoms with Crippen LogP contribution in [0.1, 0.15) is 32.3 Å². The molecule has 0 amide bonds. The molecule has 3 rings (SSSR count). The van der Waals surface area contributed by atoms with Gasteiger partial charge in [0.1, 0.15) is 0 Å². The second kappa shape index (κ2) is 7.41. The zero-order valence-corrected chi connectivity index (χ0v) is 15.1. The van der Waals surface area contributed by atoms with Crippen molar-refractivity contribution in [1.29, 1.82) is 0 Å². The Balaban J connectivity index is 1.80. The number of nitrogens with one attached hydrogen (secondary N) is 1. The predicted molar refractivity (Wildman–Crippen MR) is 101 cm³/mol. The zero-order valence-electron chi connectivity index (χ0n) is 14.3. The van der Waals surface area contributed by atoms with Crippen LogP contribution in [0.3, 0.4) is 0 Å². The molecule has 0 radical (unpaired) electrons. The first-order valence-electron chi connectivity index (χ1n) is 8.48. The van der Waals surface area contributed by atoms with Crippen LogP contribution in [0.4, 0.5) is 5.69 Å². The molecule has 0 bridgehead atoms. The number of benzene rings is 2. The highest BCUT2D eigenvalue weighted by Crippen LogP contribution is 2.36. The van der Waals surface area contributed by atoms with E-state index in [1.54, 1.807) is 0 Å². The Hall–Kier alpha value is -1.45. The highest BCUT2D eigenvalue weighted by Gasteiger charge is 2.18. The minimum Gasteiger partial charge on any atom is -0.368 e. The summed E-state index contributed by atoms with van der Waals surface area (Å²) in [4.78, 5) is 5.16. The first kappa shape index (κ1) is 16.4. The maximum atomic E-state index is 3.52. The summed E-state index contributed by atoms with van der Waals surface area (Å²) in [5.74, 6) is 0.587. The molecule has 0 saturated carbocycles. The van der Waals surface area contributed by atoms with Crippen molar-refractivity contribution in [2.75, 3.05) is 24.5 Å².